The van der Waals surface area contributed by atoms with Crippen molar-refractivity contribution in [2.45, 2.75) is 39.0 Å². The summed E-state index contributed by atoms with van der Waals surface area (Å²) in [7, 11) is 0. The van der Waals surface area contributed by atoms with Crippen molar-refractivity contribution in [3.8, 4) is 0 Å². The lowest BCUT2D eigenvalue weighted by atomic mass is 10.1. The van der Waals surface area contributed by atoms with Gasteiger partial charge in [0.05, 0.1) is 12.2 Å². The first kappa shape index (κ1) is 22.4. The quantitative estimate of drug-likeness (QED) is 0.363. The minimum absolute atomic E-state index is 0.236. The molecule has 1 aliphatic carbocycles. The van der Waals surface area contributed by atoms with Gasteiger partial charge in [-0.25, -0.2) is 4.79 Å². The van der Waals surface area contributed by atoms with E-state index in [0.717, 1.165) is 55.5 Å². The first-order valence-electron chi connectivity index (χ1n) is 10.9. The van der Waals surface area contributed by atoms with Gasteiger partial charge in [-0.2, -0.15) is 0 Å². The summed E-state index contributed by atoms with van der Waals surface area (Å²) in [5.41, 5.74) is 3.04. The third-order valence-electron chi connectivity index (χ3n) is 5.88. The number of hydrogen-bond acceptors (Lipinski definition) is 5. The molecular formula is C23H28ClN3O2S2. The van der Waals surface area contributed by atoms with Crippen molar-refractivity contribution >= 4 is 56.9 Å². The molecule has 1 N–H and O–H groups in total. The van der Waals surface area contributed by atoms with Crippen LogP contribution >= 0.6 is 35.2 Å². The van der Waals surface area contributed by atoms with Gasteiger partial charge >= 0.3 is 5.97 Å². The van der Waals surface area contributed by atoms with Crippen LogP contribution in [0.5, 0.6) is 0 Å². The molecule has 0 radical (unpaired) electrons. The summed E-state index contributed by atoms with van der Waals surface area (Å²) in [6, 6.07) is 7.96. The number of nitrogens with one attached hydrogen (secondary N) is 1. The summed E-state index contributed by atoms with van der Waals surface area (Å²) in [5, 5.41) is 5.67. The number of benzene rings is 1. The number of ether oxygens (including phenoxy) is 1. The van der Waals surface area contributed by atoms with Crippen LogP contribution in [0.25, 0.3) is 0 Å². The number of nitrogens with zero attached hydrogens (tertiary/aromatic N) is 2. The Morgan fingerprint density at radius 3 is 2.55 bits per heavy atom. The van der Waals surface area contributed by atoms with Gasteiger partial charge in [-0.3, -0.25) is 0 Å². The van der Waals surface area contributed by atoms with Crippen molar-refractivity contribution in [2.24, 2.45) is 0 Å². The maximum absolute atomic E-state index is 12.8. The van der Waals surface area contributed by atoms with Gasteiger partial charge in [-0.05, 0) is 74.7 Å². The van der Waals surface area contributed by atoms with Crippen LogP contribution in [0.1, 0.15) is 47.0 Å². The zero-order chi connectivity index (χ0) is 21.8. The van der Waals surface area contributed by atoms with Crippen LogP contribution in [0.15, 0.2) is 24.3 Å². The Labute approximate surface area is 198 Å². The Morgan fingerprint density at radius 1 is 1.13 bits per heavy atom. The number of fused-ring (bicyclic) bond motifs is 1. The van der Waals surface area contributed by atoms with E-state index in [1.165, 1.54) is 29.0 Å². The first-order valence-corrected chi connectivity index (χ1v) is 12.5. The Hall–Kier alpha value is -1.83. The Kier molecular flexibility index (Phi) is 7.35. The smallest absolute Gasteiger partial charge is 0.341 e. The molecule has 2 aliphatic rings. The topological polar surface area (TPSA) is 44.8 Å². The molecule has 5 nitrogen and oxygen atoms in total. The fraction of sp³-hybridized carbons (Fsp3) is 0.478. The van der Waals surface area contributed by atoms with Crippen LogP contribution < -0.4 is 10.2 Å². The molecule has 0 atom stereocenters. The van der Waals surface area contributed by atoms with Crippen molar-refractivity contribution in [3.63, 3.8) is 0 Å². The standard InChI is InChI=1S/C23H28ClN3O2S2/c1-2-29-22(28)20-18-6-4-3-5-7-19(18)31-21(20)25-23(30)27-14-12-26(13-15-27)17-10-8-16(24)9-11-17/h8-11H,2-7,12-15H2,1H3,(H,25,30). The number of anilines is 2. The molecule has 0 saturated carbocycles. The Bertz CT molecular complexity index is 937. The summed E-state index contributed by atoms with van der Waals surface area (Å²) >= 11 is 13.4. The number of esters is 1. The Balaban J connectivity index is 1.45. The number of thiophene rings is 1. The summed E-state index contributed by atoms with van der Waals surface area (Å²) in [4.78, 5) is 18.6. The van der Waals surface area contributed by atoms with Crippen LogP contribution in [-0.4, -0.2) is 48.8 Å². The zero-order valence-electron chi connectivity index (χ0n) is 17.8. The van der Waals surface area contributed by atoms with Crippen LogP contribution in [0, 0.1) is 0 Å². The van der Waals surface area contributed by atoms with Gasteiger partial charge in [0.15, 0.2) is 5.11 Å². The van der Waals surface area contributed by atoms with E-state index < -0.39 is 0 Å². The summed E-state index contributed by atoms with van der Waals surface area (Å²) < 4.78 is 5.39. The first-order chi connectivity index (χ1) is 15.1. The van der Waals surface area contributed by atoms with Crippen molar-refractivity contribution < 1.29 is 9.53 Å². The lowest BCUT2D eigenvalue weighted by molar-refractivity contribution is 0.0527. The van der Waals surface area contributed by atoms with Crippen molar-refractivity contribution in [1.82, 2.24) is 4.90 Å². The summed E-state index contributed by atoms with van der Waals surface area (Å²) in [5.74, 6) is -0.236. The van der Waals surface area contributed by atoms with Crippen LogP contribution in [0.2, 0.25) is 5.02 Å². The van der Waals surface area contributed by atoms with Gasteiger partial charge in [0, 0.05) is 41.8 Å². The molecule has 2 aromatic rings. The molecule has 0 unspecified atom stereocenters. The highest BCUT2D eigenvalue weighted by Gasteiger charge is 2.27. The number of carbonyl (C=O) groups excluding carboxylic acids is 1. The number of halogens is 1. The van der Waals surface area contributed by atoms with E-state index in [4.69, 9.17) is 28.6 Å². The fourth-order valence-electron chi connectivity index (χ4n) is 4.25. The fourth-order valence-corrected chi connectivity index (χ4v) is 6.00. The average molecular weight is 478 g/mol. The van der Waals surface area contributed by atoms with Crippen LogP contribution in [-0.2, 0) is 17.6 Å². The predicted octanol–water partition coefficient (Wildman–Crippen LogP) is 5.37. The highest BCUT2D eigenvalue weighted by molar-refractivity contribution is 7.80. The highest BCUT2D eigenvalue weighted by atomic mass is 35.5. The van der Waals surface area contributed by atoms with E-state index in [-0.39, 0.29) is 5.97 Å². The van der Waals surface area contributed by atoms with Gasteiger partial charge in [0.2, 0.25) is 0 Å². The van der Waals surface area contributed by atoms with Crippen molar-refractivity contribution in [3.05, 3.63) is 45.3 Å². The van der Waals surface area contributed by atoms with E-state index in [0.29, 0.717) is 17.3 Å². The number of hydrogen-bond donors (Lipinski definition) is 1. The zero-order valence-corrected chi connectivity index (χ0v) is 20.2. The highest BCUT2D eigenvalue weighted by Crippen LogP contribution is 2.38. The lowest BCUT2D eigenvalue weighted by Crippen LogP contribution is -2.50. The van der Waals surface area contributed by atoms with E-state index in [9.17, 15) is 4.79 Å². The maximum Gasteiger partial charge on any atom is 0.341 e. The minimum atomic E-state index is -0.236. The molecule has 1 saturated heterocycles. The van der Waals surface area contributed by atoms with Gasteiger partial charge in [0.25, 0.3) is 0 Å². The summed E-state index contributed by atoms with van der Waals surface area (Å²) in [6.45, 7) is 5.65. The number of rotatable bonds is 4. The molecule has 0 spiro atoms. The summed E-state index contributed by atoms with van der Waals surface area (Å²) in [6.07, 6.45) is 5.47. The third-order valence-corrected chi connectivity index (χ3v) is 7.70. The molecule has 4 rings (SSSR count). The molecule has 8 heteroatoms. The van der Waals surface area contributed by atoms with E-state index >= 15 is 0 Å². The number of aryl methyl sites for hydroxylation is 1. The molecule has 31 heavy (non-hydrogen) atoms. The molecule has 0 amide bonds. The maximum atomic E-state index is 12.8. The molecule has 0 bridgehead atoms. The van der Waals surface area contributed by atoms with Crippen molar-refractivity contribution in [2.75, 3.05) is 43.0 Å². The monoisotopic (exact) mass is 477 g/mol. The molecule has 1 aromatic heterocycles. The van der Waals surface area contributed by atoms with Gasteiger partial charge in [0.1, 0.15) is 5.00 Å². The van der Waals surface area contributed by atoms with Crippen molar-refractivity contribution in [1.29, 1.82) is 0 Å². The van der Waals surface area contributed by atoms with Crippen LogP contribution in [0.4, 0.5) is 10.7 Å². The second-order valence-corrected chi connectivity index (χ2v) is 9.80. The molecule has 1 aliphatic heterocycles. The number of carbonyl (C=O) groups is 1. The molecule has 166 valence electrons. The molecular weight excluding hydrogens is 450 g/mol. The third kappa shape index (κ3) is 5.16. The van der Waals surface area contributed by atoms with E-state index in [1.807, 2.05) is 19.1 Å². The lowest BCUT2D eigenvalue weighted by Gasteiger charge is -2.37. The second kappa shape index (κ2) is 10.2. The van der Waals surface area contributed by atoms with Crippen LogP contribution in [0.3, 0.4) is 0 Å². The SMILES string of the molecule is CCOC(=O)c1c(NC(=S)N2CCN(c3ccc(Cl)cc3)CC2)sc2c1CCCCC2. The van der Waals surface area contributed by atoms with Gasteiger partial charge < -0.3 is 19.9 Å². The number of piperazine rings is 1. The van der Waals surface area contributed by atoms with Gasteiger partial charge in [-0.1, -0.05) is 18.0 Å². The average Bonchev–Trinajstić information content (AvgIpc) is 2.95. The minimum Gasteiger partial charge on any atom is -0.462 e. The molecule has 1 aromatic carbocycles. The van der Waals surface area contributed by atoms with E-state index in [1.54, 1.807) is 11.3 Å². The largest absolute Gasteiger partial charge is 0.462 e. The number of thiocarbonyl (C=S) groups is 1. The predicted molar refractivity (Wildman–Crippen MR) is 133 cm³/mol. The molecule has 2 heterocycles. The normalized spacial score (nSPS) is 16.5. The van der Waals surface area contributed by atoms with E-state index in [2.05, 4.69) is 27.2 Å². The van der Waals surface area contributed by atoms with Gasteiger partial charge in [-0.15, -0.1) is 11.3 Å². The second-order valence-electron chi connectivity index (χ2n) is 7.87. The Morgan fingerprint density at radius 2 is 1.84 bits per heavy atom. The molecule has 1 fully saturated rings.